The average molecular weight is 1010 g/mol. The first-order valence-corrected chi connectivity index (χ1v) is 25.9. The van der Waals surface area contributed by atoms with Gasteiger partial charge in [-0.15, -0.1) is 0 Å². The molecule has 0 saturated carbocycles. The summed E-state index contributed by atoms with van der Waals surface area (Å²) in [6.45, 7) is 5.41. The zero-order valence-corrected chi connectivity index (χ0v) is 41.8. The fourth-order valence-electron chi connectivity index (χ4n) is 8.85. The van der Waals surface area contributed by atoms with Gasteiger partial charge in [0.1, 0.15) is 61.5 Å². The summed E-state index contributed by atoms with van der Waals surface area (Å²) in [4.78, 5) is 35.0. The van der Waals surface area contributed by atoms with E-state index in [9.17, 15) is 60.3 Å². The lowest BCUT2D eigenvalue weighted by Crippen LogP contribution is -2.65. The molecule has 3 aliphatic rings. The molecule has 0 amide bonds. The Morgan fingerprint density at radius 3 is 1.60 bits per heavy atom. The summed E-state index contributed by atoms with van der Waals surface area (Å²) in [7, 11) is 0. The first-order valence-electron chi connectivity index (χ1n) is 25.9. The van der Waals surface area contributed by atoms with Crippen LogP contribution >= 0.6 is 0 Å². The molecule has 3 unspecified atom stereocenters. The molecule has 0 aromatic carbocycles. The van der Waals surface area contributed by atoms with Crippen molar-refractivity contribution in [3.05, 3.63) is 0 Å². The maximum Gasteiger partial charge on any atom is 0.332 e. The van der Waals surface area contributed by atoms with Gasteiger partial charge in [-0.05, 0) is 44.4 Å². The van der Waals surface area contributed by atoms with Crippen LogP contribution in [0.25, 0.3) is 0 Å². The molecule has 70 heavy (non-hydrogen) atoms. The Morgan fingerprint density at radius 1 is 0.586 bits per heavy atom. The van der Waals surface area contributed by atoms with Gasteiger partial charge in [0.2, 0.25) is 0 Å². The summed E-state index contributed by atoms with van der Waals surface area (Å²) >= 11 is 0. The highest BCUT2D eigenvalue weighted by molar-refractivity contribution is 5.71. The second-order valence-electron chi connectivity index (χ2n) is 19.7. The van der Waals surface area contributed by atoms with Crippen molar-refractivity contribution in [3.63, 3.8) is 0 Å². The Kier molecular flexibility index (Phi) is 29.8. The second kappa shape index (κ2) is 33.6. The van der Waals surface area contributed by atoms with E-state index in [0.29, 0.717) is 38.5 Å². The molecule has 3 fully saturated rings. The number of carboxylic acids is 1. The maximum atomic E-state index is 12.4. The normalized spacial score (nSPS) is 31.2. The van der Waals surface area contributed by atoms with Gasteiger partial charge in [0.25, 0.3) is 0 Å². The first-order chi connectivity index (χ1) is 33.3. The number of carbonyl (C=O) groups is 3. The van der Waals surface area contributed by atoms with E-state index in [2.05, 4.69) is 0 Å². The molecule has 3 saturated heterocycles. The zero-order valence-electron chi connectivity index (χ0n) is 41.8. The SMILES string of the molecule is CCCC[C@H](CCC[C@H](O)[C@H](O)CCCCCCCCCCCCCC[C@@H](O)C(=O)O)O[C@H]1OC[C@H](O)[C@@H](O)[C@@H]1O[C@H]1OC[C@H](O)C(O)[C@@H]1OC1O[C@@H](COC(=O)CC(C)C)[C@H](OC(C)=O)C(O)[C@@H]1O. The molecule has 10 N–H and O–H groups in total. The largest absolute Gasteiger partial charge is 0.479 e. The average Bonchev–Trinajstić information content (AvgIpc) is 3.31. The van der Waals surface area contributed by atoms with E-state index in [1.54, 1.807) is 13.8 Å². The summed E-state index contributed by atoms with van der Waals surface area (Å²) < 4.78 is 46.5. The highest BCUT2D eigenvalue weighted by Crippen LogP contribution is 2.33. The van der Waals surface area contributed by atoms with Crippen LogP contribution in [0, 0.1) is 5.92 Å². The topological polar surface area (TPSA) is 327 Å². The van der Waals surface area contributed by atoms with Gasteiger partial charge in [0.15, 0.2) is 31.1 Å². The molecule has 410 valence electrons. The molecule has 0 aliphatic carbocycles. The molecule has 0 aromatic heterocycles. The Morgan fingerprint density at radius 2 is 1.07 bits per heavy atom. The Bertz CT molecular complexity index is 1440. The van der Waals surface area contributed by atoms with Crippen LogP contribution in [0.15, 0.2) is 0 Å². The van der Waals surface area contributed by atoms with Crippen molar-refractivity contribution in [2.75, 3.05) is 19.8 Å². The van der Waals surface area contributed by atoms with Crippen LogP contribution in [0.5, 0.6) is 0 Å². The zero-order chi connectivity index (χ0) is 51.8. The third kappa shape index (κ3) is 22.1. The number of carbonyl (C=O) groups excluding carboxylic acids is 2. The maximum absolute atomic E-state index is 12.4. The van der Waals surface area contributed by atoms with Crippen LogP contribution in [-0.2, 0) is 52.3 Å². The van der Waals surface area contributed by atoms with Crippen LogP contribution in [0.2, 0.25) is 0 Å². The van der Waals surface area contributed by atoms with Crippen molar-refractivity contribution in [1.82, 2.24) is 0 Å². The standard InChI is InChI=1S/C49H88O21/c1-5-6-20-31(21-19-24-33(52)32(51)22-17-15-13-11-9-7-8-10-12-14-16-18-23-34(53)46(61)62)67-48-44(39(57)35(54)26-64-48)70-49-45(40(58)36(55)27-65-49)69-47-42(60)41(59)43(66-30(4)50)37(68-47)28-63-38(56)25-29(2)3/h29,31-37,39-45,47-49,51-55,57-60H,5-28H2,1-4H3,(H,61,62)/t31-,32-,33+,34-,35+,36+,37+,39-,40?,41?,42+,43+,44+,45+,47?,48-,49-/m1/s1. The Labute approximate surface area is 413 Å². The summed E-state index contributed by atoms with van der Waals surface area (Å²) in [6, 6.07) is 0. The number of hydrogen-bond donors (Lipinski definition) is 10. The summed E-state index contributed by atoms with van der Waals surface area (Å²) in [5.74, 6) is -2.62. The van der Waals surface area contributed by atoms with Crippen LogP contribution in [0.1, 0.15) is 163 Å². The lowest BCUT2D eigenvalue weighted by Gasteiger charge is -2.46. The number of ether oxygens (including phenoxy) is 8. The second-order valence-corrected chi connectivity index (χ2v) is 19.7. The van der Waals surface area contributed by atoms with Gasteiger partial charge >= 0.3 is 17.9 Å². The van der Waals surface area contributed by atoms with Gasteiger partial charge in [-0.3, -0.25) is 9.59 Å². The van der Waals surface area contributed by atoms with Crippen molar-refractivity contribution < 1.29 is 103 Å². The number of unbranched alkanes of at least 4 members (excludes halogenated alkanes) is 12. The van der Waals surface area contributed by atoms with Crippen LogP contribution in [-0.4, -0.2) is 193 Å². The number of esters is 2. The monoisotopic (exact) mass is 1010 g/mol. The number of aliphatic carboxylic acids is 1. The molecular weight excluding hydrogens is 925 g/mol. The number of rotatable bonds is 35. The Balaban J connectivity index is 1.52. The van der Waals surface area contributed by atoms with Gasteiger partial charge in [0.05, 0.1) is 31.5 Å². The van der Waals surface area contributed by atoms with E-state index in [-0.39, 0.29) is 18.9 Å². The summed E-state index contributed by atoms with van der Waals surface area (Å²) in [6.07, 6.45) is -7.77. The van der Waals surface area contributed by atoms with Crippen LogP contribution in [0.4, 0.5) is 0 Å². The summed E-state index contributed by atoms with van der Waals surface area (Å²) in [5.41, 5.74) is 0. The minimum atomic E-state index is -1.91. The number of aliphatic hydroxyl groups excluding tert-OH is 9. The fourth-order valence-corrected chi connectivity index (χ4v) is 8.85. The van der Waals surface area contributed by atoms with Crippen molar-refractivity contribution in [2.24, 2.45) is 5.92 Å². The lowest BCUT2D eigenvalue weighted by atomic mass is 9.98. The van der Waals surface area contributed by atoms with Crippen molar-refractivity contribution in [3.8, 4) is 0 Å². The minimum Gasteiger partial charge on any atom is -0.479 e. The van der Waals surface area contributed by atoms with E-state index in [1.807, 2.05) is 6.92 Å². The van der Waals surface area contributed by atoms with Crippen LogP contribution in [0.3, 0.4) is 0 Å². The van der Waals surface area contributed by atoms with Crippen molar-refractivity contribution in [2.45, 2.75) is 267 Å². The van der Waals surface area contributed by atoms with Crippen LogP contribution < -0.4 is 0 Å². The van der Waals surface area contributed by atoms with E-state index in [1.165, 1.54) is 0 Å². The molecule has 0 radical (unpaired) electrons. The highest BCUT2D eigenvalue weighted by Gasteiger charge is 2.52. The number of aliphatic hydroxyl groups is 9. The van der Waals surface area contributed by atoms with Gasteiger partial charge in [0, 0.05) is 13.3 Å². The van der Waals surface area contributed by atoms with E-state index >= 15 is 0 Å². The molecule has 0 bridgehead atoms. The molecule has 0 spiro atoms. The molecule has 21 nitrogen and oxygen atoms in total. The van der Waals surface area contributed by atoms with E-state index in [0.717, 1.165) is 96.8 Å². The third-order valence-corrected chi connectivity index (χ3v) is 13.1. The van der Waals surface area contributed by atoms with Gasteiger partial charge in [-0.2, -0.15) is 0 Å². The lowest BCUT2D eigenvalue weighted by molar-refractivity contribution is -0.380. The fraction of sp³-hybridized carbons (Fsp3) is 0.939. The Hall–Kier alpha value is -2.19. The molecule has 21 heteroatoms. The number of carboxylic acid groups (broad SMARTS) is 1. The highest BCUT2D eigenvalue weighted by atomic mass is 16.8. The predicted molar refractivity (Wildman–Crippen MR) is 248 cm³/mol. The van der Waals surface area contributed by atoms with E-state index < -0.39 is 135 Å². The van der Waals surface area contributed by atoms with Crippen molar-refractivity contribution >= 4 is 17.9 Å². The summed E-state index contributed by atoms with van der Waals surface area (Å²) in [5, 5.41) is 106. The van der Waals surface area contributed by atoms with Gasteiger partial charge in [-0.25, -0.2) is 4.79 Å². The first kappa shape index (κ1) is 62.1. The van der Waals surface area contributed by atoms with E-state index in [4.69, 9.17) is 43.0 Å². The van der Waals surface area contributed by atoms with Gasteiger partial charge in [-0.1, -0.05) is 111 Å². The molecule has 3 heterocycles. The number of hydrogen-bond acceptors (Lipinski definition) is 20. The molecular formula is C49H88O21. The third-order valence-electron chi connectivity index (χ3n) is 13.1. The predicted octanol–water partition coefficient (Wildman–Crippen LogP) is 2.26. The molecule has 3 rings (SSSR count). The smallest absolute Gasteiger partial charge is 0.332 e. The van der Waals surface area contributed by atoms with Gasteiger partial charge < -0.3 is 89.0 Å². The van der Waals surface area contributed by atoms with Crippen molar-refractivity contribution in [1.29, 1.82) is 0 Å². The molecule has 0 aromatic rings. The molecule has 17 atom stereocenters. The quantitative estimate of drug-likeness (QED) is 0.0321. The molecule has 3 aliphatic heterocycles. The minimum absolute atomic E-state index is 0.0403.